The first kappa shape index (κ1) is 15.4. The molecular formula is C19H22N2O2. The molecule has 4 heteroatoms. The van der Waals surface area contributed by atoms with Gasteiger partial charge in [0.2, 0.25) is 0 Å². The largest absolute Gasteiger partial charge is 0.504 e. The van der Waals surface area contributed by atoms with Crippen LogP contribution in [0, 0.1) is 0 Å². The molecule has 0 fully saturated rings. The standard InChI is InChI=1S/C19H22N2O2/c1-13(2)21-11-15(12-23-18-9-4-3-8-17(18)22)19-14(10-20)6-5-7-16(19)21/h3-9,11,13,22H,10,12,20H2,1-2H3. The van der Waals surface area contributed by atoms with E-state index in [2.05, 4.69) is 36.7 Å². The highest BCUT2D eigenvalue weighted by Gasteiger charge is 2.14. The number of para-hydroxylation sites is 2. The fraction of sp³-hybridized carbons (Fsp3) is 0.263. The molecule has 3 aromatic rings. The van der Waals surface area contributed by atoms with Gasteiger partial charge >= 0.3 is 0 Å². The van der Waals surface area contributed by atoms with Crippen molar-refractivity contribution >= 4 is 10.9 Å². The Kier molecular flexibility index (Phi) is 4.26. The minimum absolute atomic E-state index is 0.152. The zero-order chi connectivity index (χ0) is 16.4. The predicted octanol–water partition coefficient (Wildman–Crippen LogP) is 3.97. The van der Waals surface area contributed by atoms with Crippen LogP contribution in [0.2, 0.25) is 0 Å². The molecule has 0 unspecified atom stereocenters. The van der Waals surface area contributed by atoms with Crippen LogP contribution in [0.25, 0.3) is 10.9 Å². The topological polar surface area (TPSA) is 60.4 Å². The average Bonchev–Trinajstić information content (AvgIpc) is 2.93. The molecule has 23 heavy (non-hydrogen) atoms. The average molecular weight is 310 g/mol. The molecule has 0 aliphatic rings. The summed E-state index contributed by atoms with van der Waals surface area (Å²) in [6.45, 7) is 5.19. The zero-order valence-corrected chi connectivity index (χ0v) is 13.5. The molecule has 3 rings (SSSR count). The Hall–Kier alpha value is -2.46. The van der Waals surface area contributed by atoms with Crippen molar-refractivity contribution in [3.8, 4) is 11.5 Å². The molecule has 1 aromatic heterocycles. The summed E-state index contributed by atoms with van der Waals surface area (Å²) in [7, 11) is 0. The molecule has 120 valence electrons. The van der Waals surface area contributed by atoms with Crippen molar-refractivity contribution in [2.24, 2.45) is 5.73 Å². The summed E-state index contributed by atoms with van der Waals surface area (Å²) in [6, 6.07) is 13.6. The van der Waals surface area contributed by atoms with Crippen LogP contribution in [0.1, 0.15) is 31.0 Å². The van der Waals surface area contributed by atoms with Gasteiger partial charge in [-0.25, -0.2) is 0 Å². The van der Waals surface area contributed by atoms with Crippen LogP contribution in [0.4, 0.5) is 0 Å². The molecule has 0 saturated heterocycles. The maximum atomic E-state index is 9.85. The molecule has 2 aromatic carbocycles. The molecule has 4 nitrogen and oxygen atoms in total. The van der Waals surface area contributed by atoms with Crippen molar-refractivity contribution in [2.45, 2.75) is 33.0 Å². The Morgan fingerprint density at radius 2 is 1.87 bits per heavy atom. The first-order chi connectivity index (χ1) is 11.1. The van der Waals surface area contributed by atoms with E-state index in [1.807, 2.05) is 12.1 Å². The third-order valence-electron chi connectivity index (χ3n) is 4.05. The van der Waals surface area contributed by atoms with E-state index in [4.69, 9.17) is 10.5 Å². The maximum Gasteiger partial charge on any atom is 0.161 e. The van der Waals surface area contributed by atoms with Crippen LogP contribution >= 0.6 is 0 Å². The van der Waals surface area contributed by atoms with Crippen LogP contribution in [-0.2, 0) is 13.2 Å². The molecule has 0 aliphatic carbocycles. The van der Waals surface area contributed by atoms with Crippen molar-refractivity contribution in [3.05, 3.63) is 59.8 Å². The minimum atomic E-state index is 0.152. The zero-order valence-electron chi connectivity index (χ0n) is 13.5. The van der Waals surface area contributed by atoms with Crippen molar-refractivity contribution in [1.82, 2.24) is 4.57 Å². The minimum Gasteiger partial charge on any atom is -0.504 e. The van der Waals surface area contributed by atoms with Gasteiger partial charge < -0.3 is 20.1 Å². The number of rotatable bonds is 5. The second-order valence-electron chi connectivity index (χ2n) is 5.93. The van der Waals surface area contributed by atoms with Crippen LogP contribution in [0.3, 0.4) is 0 Å². The SMILES string of the molecule is CC(C)n1cc(COc2ccccc2O)c2c(CN)cccc21. The van der Waals surface area contributed by atoms with Crippen LogP contribution in [0.5, 0.6) is 11.5 Å². The number of phenols is 1. The Bertz CT molecular complexity index is 821. The number of hydrogen-bond acceptors (Lipinski definition) is 3. The molecule has 0 aliphatic heterocycles. The number of aromatic nitrogens is 1. The summed E-state index contributed by atoms with van der Waals surface area (Å²) >= 11 is 0. The van der Waals surface area contributed by atoms with E-state index in [-0.39, 0.29) is 5.75 Å². The second-order valence-corrected chi connectivity index (χ2v) is 5.93. The molecular weight excluding hydrogens is 288 g/mol. The highest BCUT2D eigenvalue weighted by Crippen LogP contribution is 2.30. The van der Waals surface area contributed by atoms with Gasteiger partial charge in [0, 0.05) is 35.2 Å². The van der Waals surface area contributed by atoms with Gasteiger partial charge in [-0.1, -0.05) is 24.3 Å². The maximum absolute atomic E-state index is 9.85. The van der Waals surface area contributed by atoms with Gasteiger partial charge in [0.1, 0.15) is 6.61 Å². The summed E-state index contributed by atoms with van der Waals surface area (Å²) < 4.78 is 8.05. The number of hydrogen-bond donors (Lipinski definition) is 2. The van der Waals surface area contributed by atoms with E-state index in [9.17, 15) is 5.11 Å². The Labute approximate surface area is 136 Å². The van der Waals surface area contributed by atoms with E-state index < -0.39 is 0 Å². The van der Waals surface area contributed by atoms with Gasteiger partial charge in [0.05, 0.1) is 0 Å². The van der Waals surface area contributed by atoms with Crippen molar-refractivity contribution in [2.75, 3.05) is 0 Å². The molecule has 1 heterocycles. The lowest BCUT2D eigenvalue weighted by Crippen LogP contribution is -2.00. The first-order valence-corrected chi connectivity index (χ1v) is 7.84. The quantitative estimate of drug-likeness (QED) is 0.749. The Morgan fingerprint density at radius 3 is 2.57 bits per heavy atom. The van der Waals surface area contributed by atoms with Gasteiger partial charge in [-0.3, -0.25) is 0 Å². The molecule has 0 radical (unpaired) electrons. The van der Waals surface area contributed by atoms with E-state index in [0.29, 0.717) is 24.9 Å². The smallest absolute Gasteiger partial charge is 0.161 e. The molecule has 3 N–H and O–H groups in total. The second kappa shape index (κ2) is 6.34. The van der Waals surface area contributed by atoms with Crippen molar-refractivity contribution < 1.29 is 9.84 Å². The van der Waals surface area contributed by atoms with Gasteiger partial charge in [-0.2, -0.15) is 0 Å². The van der Waals surface area contributed by atoms with Gasteiger partial charge in [0.25, 0.3) is 0 Å². The lowest BCUT2D eigenvalue weighted by atomic mass is 10.1. The molecule has 0 spiro atoms. The summed E-state index contributed by atoms with van der Waals surface area (Å²) in [4.78, 5) is 0. The highest BCUT2D eigenvalue weighted by atomic mass is 16.5. The molecule has 0 atom stereocenters. The lowest BCUT2D eigenvalue weighted by molar-refractivity contribution is 0.290. The predicted molar refractivity (Wildman–Crippen MR) is 92.7 cm³/mol. The van der Waals surface area contributed by atoms with Gasteiger partial charge in [-0.05, 0) is 37.6 Å². The number of fused-ring (bicyclic) bond motifs is 1. The fourth-order valence-corrected chi connectivity index (χ4v) is 2.92. The third kappa shape index (κ3) is 2.90. The lowest BCUT2D eigenvalue weighted by Gasteiger charge is -2.09. The van der Waals surface area contributed by atoms with Crippen molar-refractivity contribution in [1.29, 1.82) is 0 Å². The number of phenolic OH excluding ortho intramolecular Hbond substituents is 1. The van der Waals surface area contributed by atoms with E-state index in [1.165, 1.54) is 5.52 Å². The number of nitrogens with zero attached hydrogens (tertiary/aromatic N) is 1. The monoisotopic (exact) mass is 310 g/mol. The number of aromatic hydroxyl groups is 1. The molecule has 0 bridgehead atoms. The van der Waals surface area contributed by atoms with Crippen LogP contribution in [-0.4, -0.2) is 9.67 Å². The van der Waals surface area contributed by atoms with E-state index in [0.717, 1.165) is 16.5 Å². The molecule has 0 saturated carbocycles. The normalized spacial score (nSPS) is 11.3. The summed E-state index contributed by atoms with van der Waals surface area (Å²) in [6.07, 6.45) is 2.12. The summed E-state index contributed by atoms with van der Waals surface area (Å²) in [5.41, 5.74) is 9.27. The van der Waals surface area contributed by atoms with Crippen LogP contribution in [0.15, 0.2) is 48.7 Å². The van der Waals surface area contributed by atoms with Crippen LogP contribution < -0.4 is 10.5 Å². The number of benzene rings is 2. The van der Waals surface area contributed by atoms with Gasteiger partial charge in [0.15, 0.2) is 11.5 Å². The summed E-state index contributed by atoms with van der Waals surface area (Å²) in [5.74, 6) is 0.641. The van der Waals surface area contributed by atoms with E-state index >= 15 is 0 Å². The molecule has 0 amide bonds. The Morgan fingerprint density at radius 1 is 1.09 bits per heavy atom. The first-order valence-electron chi connectivity index (χ1n) is 7.84. The summed E-state index contributed by atoms with van der Waals surface area (Å²) in [5, 5.41) is 11.0. The fourth-order valence-electron chi connectivity index (χ4n) is 2.92. The third-order valence-corrected chi connectivity index (χ3v) is 4.05. The van der Waals surface area contributed by atoms with Crippen molar-refractivity contribution in [3.63, 3.8) is 0 Å². The Balaban J connectivity index is 2.01. The highest BCUT2D eigenvalue weighted by molar-refractivity contribution is 5.87. The van der Waals surface area contributed by atoms with E-state index in [1.54, 1.807) is 18.2 Å². The number of nitrogens with two attached hydrogens (primary N) is 1. The van der Waals surface area contributed by atoms with Gasteiger partial charge in [-0.15, -0.1) is 0 Å². The number of ether oxygens (including phenoxy) is 1.